The topological polar surface area (TPSA) is 65.7 Å². The monoisotopic (exact) mass is 268 g/mol. The van der Waals surface area contributed by atoms with Crippen LogP contribution >= 0.6 is 0 Å². The van der Waals surface area contributed by atoms with Gasteiger partial charge in [-0.05, 0) is 47.9 Å². The van der Waals surface area contributed by atoms with Crippen LogP contribution in [0.15, 0.2) is 10.5 Å². The van der Waals surface area contributed by atoms with Gasteiger partial charge in [0.05, 0.1) is 12.6 Å². The van der Waals surface area contributed by atoms with Crippen molar-refractivity contribution < 1.29 is 14.3 Å². The first-order valence-electron chi connectivity index (χ1n) is 6.39. The van der Waals surface area contributed by atoms with Gasteiger partial charge in [0.2, 0.25) is 5.91 Å². The van der Waals surface area contributed by atoms with E-state index in [1.165, 1.54) is 0 Å². The predicted molar refractivity (Wildman–Crippen MR) is 73.9 cm³/mol. The second-order valence-electron chi connectivity index (χ2n) is 5.46. The van der Waals surface area contributed by atoms with Gasteiger partial charge < -0.3 is 14.8 Å². The fourth-order valence-corrected chi connectivity index (χ4v) is 1.90. The van der Waals surface area contributed by atoms with E-state index in [4.69, 9.17) is 4.42 Å². The lowest BCUT2D eigenvalue weighted by molar-refractivity contribution is -0.126. The molecule has 0 aliphatic carbocycles. The molecule has 5 heteroatoms. The van der Waals surface area contributed by atoms with Crippen molar-refractivity contribution >= 4 is 5.91 Å². The molecule has 1 heterocycles. The van der Waals surface area contributed by atoms with Gasteiger partial charge in [0.15, 0.2) is 0 Å². The molecule has 19 heavy (non-hydrogen) atoms. The van der Waals surface area contributed by atoms with Crippen molar-refractivity contribution in [2.24, 2.45) is 0 Å². The normalized spacial score (nSPS) is 16.2. The quantitative estimate of drug-likeness (QED) is 0.841. The van der Waals surface area contributed by atoms with E-state index in [2.05, 4.69) is 5.32 Å². The van der Waals surface area contributed by atoms with Gasteiger partial charge in [-0.3, -0.25) is 9.69 Å². The summed E-state index contributed by atoms with van der Waals surface area (Å²) in [7, 11) is 3.68. The maximum atomic E-state index is 11.9. The minimum absolute atomic E-state index is 0.108. The number of furan rings is 1. The van der Waals surface area contributed by atoms with Crippen molar-refractivity contribution in [1.82, 2.24) is 10.2 Å². The third-order valence-electron chi connectivity index (χ3n) is 3.38. The molecule has 0 saturated carbocycles. The van der Waals surface area contributed by atoms with Gasteiger partial charge >= 0.3 is 0 Å². The Bertz CT molecular complexity index is 450. The molecule has 0 aliphatic rings. The van der Waals surface area contributed by atoms with Gasteiger partial charge in [0.1, 0.15) is 17.1 Å². The highest BCUT2D eigenvalue weighted by atomic mass is 16.3. The van der Waals surface area contributed by atoms with Crippen LogP contribution in [0.2, 0.25) is 0 Å². The molecule has 0 saturated heterocycles. The fraction of sp³-hybridized carbons (Fsp3) is 0.643. The van der Waals surface area contributed by atoms with Crippen LogP contribution in [0.3, 0.4) is 0 Å². The van der Waals surface area contributed by atoms with Crippen molar-refractivity contribution in [3.63, 3.8) is 0 Å². The smallest absolute Gasteiger partial charge is 0.237 e. The highest BCUT2D eigenvalue weighted by Gasteiger charge is 2.29. The lowest BCUT2D eigenvalue weighted by Gasteiger charge is -2.25. The number of rotatable bonds is 5. The number of carbonyl (C=O) groups is 1. The molecular weight excluding hydrogens is 244 g/mol. The van der Waals surface area contributed by atoms with E-state index in [0.29, 0.717) is 11.3 Å². The van der Waals surface area contributed by atoms with Crippen LogP contribution in [0.5, 0.6) is 0 Å². The summed E-state index contributed by atoms with van der Waals surface area (Å²) in [4.78, 5) is 13.7. The molecule has 2 N–H and O–H groups in total. The minimum Gasteiger partial charge on any atom is -0.466 e. The highest BCUT2D eigenvalue weighted by Crippen LogP contribution is 2.26. The molecule has 1 aromatic rings. The molecule has 0 aliphatic heterocycles. The third kappa shape index (κ3) is 3.81. The first-order valence-corrected chi connectivity index (χ1v) is 6.39. The number of amides is 1. The number of nitrogens with zero attached hydrogens (tertiary/aromatic N) is 1. The summed E-state index contributed by atoms with van der Waals surface area (Å²) in [6, 6.07) is 1.57. The minimum atomic E-state index is -1.14. The number of hydrogen-bond acceptors (Lipinski definition) is 4. The summed E-state index contributed by atoms with van der Waals surface area (Å²) in [5.74, 6) is 1.32. The largest absolute Gasteiger partial charge is 0.466 e. The summed E-state index contributed by atoms with van der Waals surface area (Å²) < 4.78 is 5.41. The Balaban J connectivity index is 2.71. The molecule has 0 fully saturated rings. The molecule has 1 rings (SSSR count). The van der Waals surface area contributed by atoms with Gasteiger partial charge in [-0.1, -0.05) is 0 Å². The second kappa shape index (κ2) is 5.75. The molecule has 0 spiro atoms. The number of aryl methyl sites for hydroxylation is 2. The Morgan fingerprint density at radius 2 is 2.11 bits per heavy atom. The van der Waals surface area contributed by atoms with E-state index >= 15 is 0 Å². The Labute approximate surface area is 114 Å². The predicted octanol–water partition coefficient (Wildman–Crippen LogP) is 1.17. The number of carbonyl (C=O) groups excluding carboxylic acids is 1. The molecule has 2 atom stereocenters. The van der Waals surface area contributed by atoms with Gasteiger partial charge in [0, 0.05) is 5.56 Å². The Hall–Kier alpha value is -1.33. The van der Waals surface area contributed by atoms with Crippen molar-refractivity contribution in [1.29, 1.82) is 0 Å². The zero-order valence-corrected chi connectivity index (χ0v) is 12.6. The van der Waals surface area contributed by atoms with E-state index in [1.807, 2.05) is 32.8 Å². The molecule has 1 amide bonds. The molecule has 1 aromatic heterocycles. The summed E-state index contributed by atoms with van der Waals surface area (Å²) in [6.45, 7) is 7.28. The molecule has 1 unspecified atom stereocenters. The van der Waals surface area contributed by atoms with Crippen LogP contribution in [0, 0.1) is 13.8 Å². The van der Waals surface area contributed by atoms with E-state index in [1.54, 1.807) is 19.9 Å². The Morgan fingerprint density at radius 3 is 2.53 bits per heavy atom. The average Bonchev–Trinajstić information content (AvgIpc) is 2.65. The molecule has 0 radical (unpaired) electrons. The van der Waals surface area contributed by atoms with E-state index in [9.17, 15) is 9.90 Å². The lowest BCUT2D eigenvalue weighted by atomic mass is 9.96. The van der Waals surface area contributed by atoms with Gasteiger partial charge in [-0.2, -0.15) is 0 Å². The summed E-state index contributed by atoms with van der Waals surface area (Å²) in [6.07, 6.45) is 0. The zero-order chi connectivity index (χ0) is 14.8. The van der Waals surface area contributed by atoms with Crippen LogP contribution in [0.4, 0.5) is 0 Å². The van der Waals surface area contributed by atoms with Crippen LogP contribution in [-0.4, -0.2) is 42.6 Å². The first kappa shape index (κ1) is 15.7. The van der Waals surface area contributed by atoms with Crippen LogP contribution in [0.1, 0.15) is 30.9 Å². The molecule has 0 bridgehead atoms. The SMILES string of the molecule is Cc1cc(C(C)(O)CNC(=O)[C@H](C)N(C)C)c(C)o1. The second-order valence-corrected chi connectivity index (χ2v) is 5.46. The Morgan fingerprint density at radius 1 is 1.53 bits per heavy atom. The van der Waals surface area contributed by atoms with Gasteiger partial charge in [-0.25, -0.2) is 0 Å². The van der Waals surface area contributed by atoms with Crippen molar-refractivity contribution in [3.8, 4) is 0 Å². The summed E-state index contributed by atoms with van der Waals surface area (Å²) in [5.41, 5.74) is -0.424. The molecular formula is C14H24N2O3. The summed E-state index contributed by atoms with van der Waals surface area (Å²) >= 11 is 0. The number of nitrogens with one attached hydrogen (secondary N) is 1. The van der Waals surface area contributed by atoms with Crippen LogP contribution < -0.4 is 5.32 Å². The van der Waals surface area contributed by atoms with Crippen molar-refractivity contribution in [2.75, 3.05) is 20.6 Å². The summed E-state index contributed by atoms with van der Waals surface area (Å²) in [5, 5.41) is 13.2. The molecule has 108 valence electrons. The highest BCUT2D eigenvalue weighted by molar-refractivity contribution is 5.81. The zero-order valence-electron chi connectivity index (χ0n) is 12.6. The fourth-order valence-electron chi connectivity index (χ4n) is 1.90. The van der Waals surface area contributed by atoms with Gasteiger partial charge in [-0.15, -0.1) is 0 Å². The van der Waals surface area contributed by atoms with E-state index in [-0.39, 0.29) is 18.5 Å². The number of hydrogen-bond donors (Lipinski definition) is 2. The Kier molecular flexibility index (Phi) is 4.76. The third-order valence-corrected chi connectivity index (χ3v) is 3.38. The van der Waals surface area contributed by atoms with E-state index in [0.717, 1.165) is 5.76 Å². The standard InChI is InChI=1S/C14H24N2O3/c1-9-7-12(11(3)19-9)14(4,18)8-15-13(17)10(2)16(5)6/h7,10,18H,8H2,1-6H3,(H,15,17)/t10-,14?/m0/s1. The number of aliphatic hydroxyl groups is 1. The van der Waals surface area contributed by atoms with Crippen LogP contribution in [-0.2, 0) is 10.4 Å². The molecule has 5 nitrogen and oxygen atoms in total. The van der Waals surface area contributed by atoms with Crippen molar-refractivity contribution in [3.05, 3.63) is 23.2 Å². The maximum Gasteiger partial charge on any atom is 0.237 e. The maximum absolute atomic E-state index is 11.9. The number of likely N-dealkylation sites (N-methyl/N-ethyl adjacent to an activating group) is 1. The van der Waals surface area contributed by atoms with Crippen LogP contribution in [0.25, 0.3) is 0 Å². The van der Waals surface area contributed by atoms with E-state index < -0.39 is 5.60 Å². The van der Waals surface area contributed by atoms with Crippen molar-refractivity contribution in [2.45, 2.75) is 39.3 Å². The van der Waals surface area contributed by atoms with Gasteiger partial charge in [0.25, 0.3) is 0 Å². The first-order chi connectivity index (χ1) is 8.65. The average molecular weight is 268 g/mol. The lowest BCUT2D eigenvalue weighted by Crippen LogP contribution is -2.46. The molecule has 0 aromatic carbocycles.